The maximum Gasteiger partial charge on any atom is 0.303 e. The monoisotopic (exact) mass is 384 g/mol. The summed E-state index contributed by atoms with van der Waals surface area (Å²) in [4.78, 5) is 34.7. The molecule has 3 heterocycles. The Morgan fingerprint density at radius 1 is 1.35 bits per heavy atom. The molecule has 0 spiro atoms. The first kappa shape index (κ1) is 18.5. The minimum Gasteiger partial charge on any atom is -0.463 e. The minimum atomic E-state index is -1.65. The molecule has 0 bridgehead atoms. The summed E-state index contributed by atoms with van der Waals surface area (Å²) in [5.74, 6) is -1.13. The molecule has 2 unspecified atom stereocenters. The number of carbonyl (C=O) groups is 2. The molecular weight excluding hydrogens is 368 g/mol. The van der Waals surface area contributed by atoms with Crippen molar-refractivity contribution in [1.82, 2.24) is 19.5 Å². The van der Waals surface area contributed by atoms with Gasteiger partial charge in [-0.15, -0.1) is 0 Å². The number of aliphatic hydroxyl groups is 1. The molecule has 1 fully saturated rings. The van der Waals surface area contributed by atoms with E-state index in [1.807, 2.05) is 0 Å². The fourth-order valence-electron chi connectivity index (χ4n) is 2.93. The van der Waals surface area contributed by atoms with Crippen LogP contribution in [-0.2, 0) is 23.8 Å². The van der Waals surface area contributed by atoms with E-state index in [9.17, 15) is 14.7 Å². The lowest BCUT2D eigenvalue weighted by atomic mass is 9.96. The topological polar surface area (TPSA) is 126 Å². The summed E-state index contributed by atoms with van der Waals surface area (Å²) < 4.78 is 17.5. The van der Waals surface area contributed by atoms with Crippen LogP contribution >= 0.6 is 11.6 Å². The van der Waals surface area contributed by atoms with Gasteiger partial charge in [0.25, 0.3) is 0 Å². The van der Waals surface area contributed by atoms with Gasteiger partial charge in [0.1, 0.15) is 30.2 Å². The van der Waals surface area contributed by atoms with Crippen molar-refractivity contribution in [3.8, 4) is 0 Å². The molecule has 1 saturated heterocycles. The van der Waals surface area contributed by atoms with Crippen LogP contribution in [0.25, 0.3) is 11.2 Å². The molecule has 140 valence electrons. The Morgan fingerprint density at radius 2 is 2.08 bits per heavy atom. The second kappa shape index (κ2) is 6.78. The van der Waals surface area contributed by atoms with Crippen LogP contribution < -0.4 is 0 Å². The van der Waals surface area contributed by atoms with E-state index in [1.54, 1.807) is 0 Å². The Morgan fingerprint density at radius 3 is 2.73 bits per heavy atom. The van der Waals surface area contributed by atoms with Crippen molar-refractivity contribution >= 4 is 34.7 Å². The highest BCUT2D eigenvalue weighted by atomic mass is 35.5. The molecule has 0 aliphatic carbocycles. The Hall–Kier alpha value is -2.30. The van der Waals surface area contributed by atoms with Gasteiger partial charge in [0.05, 0.1) is 6.33 Å². The number of fused-ring (bicyclic) bond motifs is 1. The molecular formula is C15H17ClN4O6. The summed E-state index contributed by atoms with van der Waals surface area (Å²) in [6.45, 7) is 3.72. The third kappa shape index (κ3) is 3.22. The van der Waals surface area contributed by atoms with Crippen LogP contribution in [0.1, 0.15) is 27.0 Å². The molecule has 1 aliphatic heterocycles. The summed E-state index contributed by atoms with van der Waals surface area (Å²) >= 11 is 6.00. The highest BCUT2D eigenvalue weighted by molar-refractivity contribution is 6.33. The molecule has 2 aromatic rings. The molecule has 0 aromatic carbocycles. The average molecular weight is 385 g/mol. The van der Waals surface area contributed by atoms with E-state index in [1.165, 1.54) is 38.0 Å². The molecule has 1 N–H and O–H groups in total. The van der Waals surface area contributed by atoms with Crippen LogP contribution in [0.5, 0.6) is 0 Å². The Kier molecular flexibility index (Phi) is 4.82. The zero-order chi connectivity index (χ0) is 19.1. The van der Waals surface area contributed by atoms with Crippen LogP contribution in [0.2, 0.25) is 5.15 Å². The van der Waals surface area contributed by atoms with Crippen molar-refractivity contribution in [2.75, 3.05) is 6.61 Å². The largest absolute Gasteiger partial charge is 0.463 e. The normalized spacial score (nSPS) is 28.3. The van der Waals surface area contributed by atoms with Crippen molar-refractivity contribution in [3.05, 3.63) is 17.8 Å². The lowest BCUT2D eigenvalue weighted by Gasteiger charge is -2.29. The summed E-state index contributed by atoms with van der Waals surface area (Å²) in [7, 11) is 0. The van der Waals surface area contributed by atoms with Crippen LogP contribution in [0.15, 0.2) is 12.7 Å². The highest BCUT2D eigenvalue weighted by Crippen LogP contribution is 2.41. The van der Waals surface area contributed by atoms with Crippen LogP contribution in [0, 0.1) is 0 Å². The number of hydrogen-bond acceptors (Lipinski definition) is 9. The molecule has 2 aromatic heterocycles. The van der Waals surface area contributed by atoms with Gasteiger partial charge in [0.2, 0.25) is 0 Å². The first-order valence-corrected chi connectivity index (χ1v) is 8.11. The first-order valence-electron chi connectivity index (χ1n) is 7.73. The number of nitrogens with zero attached hydrogens (tertiary/aromatic N) is 4. The maximum atomic E-state index is 11.5. The predicted molar refractivity (Wildman–Crippen MR) is 87.1 cm³/mol. The van der Waals surface area contributed by atoms with Crippen molar-refractivity contribution < 1.29 is 28.9 Å². The van der Waals surface area contributed by atoms with Gasteiger partial charge in [0.15, 0.2) is 23.1 Å². The quantitative estimate of drug-likeness (QED) is 0.596. The summed E-state index contributed by atoms with van der Waals surface area (Å²) in [6.07, 6.45) is -0.310. The Labute approximate surface area is 153 Å². The predicted octanol–water partition coefficient (Wildman–Crippen LogP) is 0.623. The van der Waals surface area contributed by atoms with E-state index in [2.05, 4.69) is 15.0 Å². The Bertz CT molecular complexity index is 854. The molecule has 3 rings (SSSR count). The van der Waals surface area contributed by atoms with Gasteiger partial charge < -0.3 is 19.3 Å². The lowest BCUT2D eigenvalue weighted by molar-refractivity contribution is -0.162. The standard InChI is InChI=1S/C15H17ClN4O6/c1-7(21)24-4-9-11(25-8(2)22)15(3,23)14(26-9)20-6-19-10-12(16)17-5-18-13(10)20/h5-6,9,11,14,23H,4H2,1-3H3/t9-,11?,14-,15?/m1/s1. The van der Waals surface area contributed by atoms with E-state index in [0.717, 1.165) is 0 Å². The van der Waals surface area contributed by atoms with E-state index in [-0.39, 0.29) is 11.8 Å². The number of hydrogen-bond donors (Lipinski definition) is 1. The van der Waals surface area contributed by atoms with Crippen molar-refractivity contribution in [3.63, 3.8) is 0 Å². The lowest BCUT2D eigenvalue weighted by Crippen LogP contribution is -2.47. The fourth-order valence-corrected chi connectivity index (χ4v) is 3.11. The molecule has 0 amide bonds. The molecule has 4 atom stereocenters. The SMILES string of the molecule is CC(=O)OC[C@H]1O[C@@H](n2cnc3c(Cl)ncnc32)C(C)(O)C1OC(C)=O. The van der Waals surface area contributed by atoms with Gasteiger partial charge >= 0.3 is 11.9 Å². The highest BCUT2D eigenvalue weighted by Gasteiger charge is 2.56. The number of ether oxygens (including phenoxy) is 3. The van der Waals surface area contributed by atoms with Crippen LogP contribution in [0.4, 0.5) is 0 Å². The number of imidazole rings is 1. The number of esters is 2. The van der Waals surface area contributed by atoms with Crippen molar-refractivity contribution in [2.24, 2.45) is 0 Å². The summed E-state index contributed by atoms with van der Waals surface area (Å²) in [5.41, 5.74) is -0.979. The summed E-state index contributed by atoms with van der Waals surface area (Å²) in [5, 5.41) is 11.2. The molecule has 10 nitrogen and oxygen atoms in total. The number of carbonyl (C=O) groups excluding carboxylic acids is 2. The van der Waals surface area contributed by atoms with E-state index < -0.39 is 36.0 Å². The second-order valence-corrected chi connectivity index (χ2v) is 6.43. The number of halogens is 1. The smallest absolute Gasteiger partial charge is 0.303 e. The first-order chi connectivity index (χ1) is 12.2. The van der Waals surface area contributed by atoms with Crippen molar-refractivity contribution in [1.29, 1.82) is 0 Å². The second-order valence-electron chi connectivity index (χ2n) is 6.07. The van der Waals surface area contributed by atoms with Crippen LogP contribution in [-0.4, -0.2) is 61.0 Å². The Balaban J connectivity index is 1.99. The molecule has 11 heteroatoms. The van der Waals surface area contributed by atoms with Gasteiger partial charge in [-0.05, 0) is 6.92 Å². The average Bonchev–Trinajstić information content (AvgIpc) is 3.06. The zero-order valence-corrected chi connectivity index (χ0v) is 15.0. The van der Waals surface area contributed by atoms with E-state index in [4.69, 9.17) is 25.8 Å². The molecule has 26 heavy (non-hydrogen) atoms. The van der Waals surface area contributed by atoms with Gasteiger partial charge in [-0.1, -0.05) is 11.6 Å². The van der Waals surface area contributed by atoms with E-state index in [0.29, 0.717) is 11.2 Å². The molecule has 0 saturated carbocycles. The third-order valence-corrected chi connectivity index (χ3v) is 4.30. The van der Waals surface area contributed by atoms with Gasteiger partial charge in [-0.2, -0.15) is 0 Å². The maximum absolute atomic E-state index is 11.5. The third-order valence-electron chi connectivity index (χ3n) is 4.03. The van der Waals surface area contributed by atoms with Crippen molar-refractivity contribution in [2.45, 2.75) is 44.8 Å². The minimum absolute atomic E-state index is 0.152. The van der Waals surface area contributed by atoms with Gasteiger partial charge in [0, 0.05) is 13.8 Å². The number of aromatic nitrogens is 4. The zero-order valence-electron chi connectivity index (χ0n) is 14.2. The molecule has 0 radical (unpaired) electrons. The van der Waals surface area contributed by atoms with Gasteiger partial charge in [-0.25, -0.2) is 15.0 Å². The fraction of sp³-hybridized carbons (Fsp3) is 0.533. The summed E-state index contributed by atoms with van der Waals surface area (Å²) in [6, 6.07) is 0. The van der Waals surface area contributed by atoms with E-state index >= 15 is 0 Å². The van der Waals surface area contributed by atoms with Gasteiger partial charge in [-0.3, -0.25) is 14.2 Å². The molecule has 1 aliphatic rings. The van der Waals surface area contributed by atoms with Crippen LogP contribution in [0.3, 0.4) is 0 Å². The number of rotatable bonds is 4.